The third-order valence-electron chi connectivity index (χ3n) is 2.69. The molecule has 0 saturated heterocycles. The number of aromatic nitrogens is 2. The maximum Gasteiger partial charge on any atom is 0.204 e. The largest absolute Gasteiger partial charge is 0.328 e. The summed E-state index contributed by atoms with van der Waals surface area (Å²) in [6.45, 7) is 8.62. The summed E-state index contributed by atoms with van der Waals surface area (Å²) in [5, 5.41) is 3.33. The highest BCUT2D eigenvalue weighted by Crippen LogP contribution is 2.30. The van der Waals surface area contributed by atoms with E-state index in [0.29, 0.717) is 0 Å². The van der Waals surface area contributed by atoms with Gasteiger partial charge in [0.05, 0.1) is 0 Å². The van der Waals surface area contributed by atoms with E-state index in [1.807, 2.05) is 19.2 Å². The Kier molecular flexibility index (Phi) is 2.92. The van der Waals surface area contributed by atoms with Gasteiger partial charge in [0.15, 0.2) is 0 Å². The fraction of sp³-hybridized carbons (Fsp3) is 0.357. The van der Waals surface area contributed by atoms with Crippen LogP contribution in [0.3, 0.4) is 0 Å². The molecule has 0 atom stereocenters. The van der Waals surface area contributed by atoms with E-state index in [9.17, 15) is 0 Å². The fourth-order valence-electron chi connectivity index (χ4n) is 1.85. The number of hydrogen-bond donors (Lipinski definition) is 2. The minimum Gasteiger partial charge on any atom is -0.328 e. The molecule has 0 aliphatic rings. The molecule has 0 spiro atoms. The van der Waals surface area contributed by atoms with E-state index in [4.69, 9.17) is 0 Å². The number of nitrogens with one attached hydrogen (secondary N) is 2. The molecule has 0 amide bonds. The normalized spacial score (nSPS) is 11.5. The topological polar surface area (TPSA) is 40.7 Å². The van der Waals surface area contributed by atoms with Crippen LogP contribution in [-0.2, 0) is 5.41 Å². The summed E-state index contributed by atoms with van der Waals surface area (Å²) in [5.41, 5.74) is 3.56. The Labute approximate surface area is 102 Å². The predicted molar refractivity (Wildman–Crippen MR) is 71.7 cm³/mol. The van der Waals surface area contributed by atoms with E-state index in [0.717, 1.165) is 17.3 Å². The number of rotatable bonds is 2. The highest BCUT2D eigenvalue weighted by Gasteiger charge is 2.17. The third kappa shape index (κ3) is 2.67. The van der Waals surface area contributed by atoms with Crippen molar-refractivity contribution in [3.63, 3.8) is 0 Å². The zero-order valence-corrected chi connectivity index (χ0v) is 10.8. The Morgan fingerprint density at radius 1 is 1.18 bits per heavy atom. The summed E-state index contributed by atoms with van der Waals surface area (Å²) >= 11 is 0. The second-order valence-corrected chi connectivity index (χ2v) is 5.34. The number of nitrogens with zero attached hydrogens (tertiary/aromatic N) is 1. The van der Waals surface area contributed by atoms with Crippen LogP contribution in [0.4, 0.5) is 11.6 Å². The first kappa shape index (κ1) is 11.7. The molecule has 0 saturated carbocycles. The van der Waals surface area contributed by atoms with Crippen LogP contribution in [0, 0.1) is 6.92 Å². The molecule has 2 N–H and O–H groups in total. The zero-order chi connectivity index (χ0) is 12.5. The standard InChI is InChI=1S/C14H19N3/c1-10-9-15-13(16-10)17-12-8-6-5-7-11(12)14(2,3)4/h5-9H,1-4H3,(H2,15,16,17). The first-order valence-electron chi connectivity index (χ1n) is 5.85. The Morgan fingerprint density at radius 3 is 2.47 bits per heavy atom. The Bertz CT molecular complexity index is 506. The van der Waals surface area contributed by atoms with Gasteiger partial charge in [0, 0.05) is 17.6 Å². The first-order chi connectivity index (χ1) is 7.97. The van der Waals surface area contributed by atoms with Gasteiger partial charge >= 0.3 is 0 Å². The van der Waals surface area contributed by atoms with E-state index in [1.54, 1.807) is 0 Å². The molecule has 17 heavy (non-hydrogen) atoms. The van der Waals surface area contributed by atoms with Gasteiger partial charge in [-0.1, -0.05) is 39.0 Å². The monoisotopic (exact) mass is 229 g/mol. The van der Waals surface area contributed by atoms with Gasteiger partial charge in [0.25, 0.3) is 0 Å². The molecule has 3 nitrogen and oxygen atoms in total. The lowest BCUT2D eigenvalue weighted by molar-refractivity contribution is 0.592. The number of benzene rings is 1. The summed E-state index contributed by atoms with van der Waals surface area (Å²) in [6, 6.07) is 8.34. The summed E-state index contributed by atoms with van der Waals surface area (Å²) in [4.78, 5) is 7.45. The van der Waals surface area contributed by atoms with Gasteiger partial charge in [-0.3, -0.25) is 0 Å². The van der Waals surface area contributed by atoms with Gasteiger partial charge in [-0.2, -0.15) is 0 Å². The van der Waals surface area contributed by atoms with Crippen molar-refractivity contribution in [2.45, 2.75) is 33.1 Å². The summed E-state index contributed by atoms with van der Waals surface area (Å²) in [7, 11) is 0. The molecule has 90 valence electrons. The maximum absolute atomic E-state index is 4.27. The molecule has 0 unspecified atom stereocenters. The highest BCUT2D eigenvalue weighted by molar-refractivity contribution is 5.60. The Hall–Kier alpha value is -1.77. The van der Waals surface area contributed by atoms with Crippen LogP contribution in [0.1, 0.15) is 32.0 Å². The number of aromatic amines is 1. The van der Waals surface area contributed by atoms with Gasteiger partial charge in [-0.25, -0.2) is 4.98 Å². The second-order valence-electron chi connectivity index (χ2n) is 5.34. The number of H-pyrrole nitrogens is 1. The molecule has 2 aromatic rings. The van der Waals surface area contributed by atoms with Crippen molar-refractivity contribution in [3.05, 3.63) is 41.7 Å². The lowest BCUT2D eigenvalue weighted by Crippen LogP contribution is -2.13. The molecule has 0 radical (unpaired) electrons. The van der Waals surface area contributed by atoms with Crippen molar-refractivity contribution in [1.82, 2.24) is 9.97 Å². The van der Waals surface area contributed by atoms with Crippen molar-refractivity contribution in [2.24, 2.45) is 0 Å². The molecule has 3 heteroatoms. The minimum absolute atomic E-state index is 0.116. The van der Waals surface area contributed by atoms with Crippen LogP contribution >= 0.6 is 0 Å². The van der Waals surface area contributed by atoms with Crippen LogP contribution in [0.2, 0.25) is 0 Å². The van der Waals surface area contributed by atoms with Gasteiger partial charge in [-0.05, 0) is 24.0 Å². The lowest BCUT2D eigenvalue weighted by Gasteiger charge is -2.22. The van der Waals surface area contributed by atoms with Crippen LogP contribution in [0.25, 0.3) is 0 Å². The van der Waals surface area contributed by atoms with Crippen LogP contribution < -0.4 is 5.32 Å². The molecular weight excluding hydrogens is 210 g/mol. The van der Waals surface area contributed by atoms with E-state index >= 15 is 0 Å². The number of hydrogen-bond acceptors (Lipinski definition) is 2. The molecule has 1 aromatic carbocycles. The van der Waals surface area contributed by atoms with Gasteiger partial charge in [-0.15, -0.1) is 0 Å². The molecule has 0 fully saturated rings. The van der Waals surface area contributed by atoms with E-state index < -0.39 is 0 Å². The number of anilines is 2. The number of aryl methyl sites for hydroxylation is 1. The second kappa shape index (κ2) is 4.24. The SMILES string of the molecule is Cc1cnc(Nc2ccccc2C(C)(C)C)[nH]1. The minimum atomic E-state index is 0.116. The van der Waals surface area contributed by atoms with Crippen molar-refractivity contribution in [2.75, 3.05) is 5.32 Å². The van der Waals surface area contributed by atoms with Gasteiger partial charge in [0.1, 0.15) is 0 Å². The molecule has 0 aliphatic carbocycles. The average molecular weight is 229 g/mol. The average Bonchev–Trinajstić information content (AvgIpc) is 2.63. The van der Waals surface area contributed by atoms with Crippen LogP contribution in [0.15, 0.2) is 30.5 Å². The van der Waals surface area contributed by atoms with E-state index in [2.05, 4.69) is 54.3 Å². The number of para-hydroxylation sites is 1. The Balaban J connectivity index is 2.33. The smallest absolute Gasteiger partial charge is 0.204 e. The molecule has 2 rings (SSSR count). The Morgan fingerprint density at radius 2 is 1.88 bits per heavy atom. The molecule has 1 aromatic heterocycles. The zero-order valence-electron chi connectivity index (χ0n) is 10.8. The van der Waals surface area contributed by atoms with Crippen molar-refractivity contribution < 1.29 is 0 Å². The molecular formula is C14H19N3. The summed E-state index contributed by atoms with van der Waals surface area (Å²) in [6.07, 6.45) is 1.82. The van der Waals surface area contributed by atoms with E-state index in [-0.39, 0.29) is 5.41 Å². The quantitative estimate of drug-likeness (QED) is 0.823. The van der Waals surface area contributed by atoms with Crippen LogP contribution in [0.5, 0.6) is 0 Å². The van der Waals surface area contributed by atoms with Crippen molar-refractivity contribution in [3.8, 4) is 0 Å². The number of imidazole rings is 1. The fourth-order valence-corrected chi connectivity index (χ4v) is 1.85. The van der Waals surface area contributed by atoms with Crippen molar-refractivity contribution >= 4 is 11.6 Å². The highest BCUT2D eigenvalue weighted by atomic mass is 15.1. The van der Waals surface area contributed by atoms with Gasteiger partial charge in [0.2, 0.25) is 5.95 Å². The predicted octanol–water partition coefficient (Wildman–Crippen LogP) is 3.76. The molecule has 0 aliphatic heterocycles. The third-order valence-corrected chi connectivity index (χ3v) is 2.69. The van der Waals surface area contributed by atoms with Gasteiger partial charge < -0.3 is 10.3 Å². The molecule has 1 heterocycles. The van der Waals surface area contributed by atoms with Crippen LogP contribution in [-0.4, -0.2) is 9.97 Å². The van der Waals surface area contributed by atoms with E-state index in [1.165, 1.54) is 5.56 Å². The molecule has 0 bridgehead atoms. The maximum atomic E-state index is 4.27. The summed E-state index contributed by atoms with van der Waals surface area (Å²) < 4.78 is 0. The summed E-state index contributed by atoms with van der Waals surface area (Å²) in [5.74, 6) is 0.791. The lowest BCUT2D eigenvalue weighted by atomic mass is 9.86. The first-order valence-corrected chi connectivity index (χ1v) is 5.85. The van der Waals surface area contributed by atoms with Crippen molar-refractivity contribution in [1.29, 1.82) is 0 Å².